The van der Waals surface area contributed by atoms with Crippen molar-refractivity contribution in [1.82, 2.24) is 4.90 Å². The molecule has 0 aromatic heterocycles. The van der Waals surface area contributed by atoms with Crippen molar-refractivity contribution in [1.29, 1.82) is 0 Å². The van der Waals surface area contributed by atoms with Crippen molar-refractivity contribution in [2.24, 2.45) is 0 Å². The zero-order valence-electron chi connectivity index (χ0n) is 11.4. The molecule has 100 valence electrons. The van der Waals surface area contributed by atoms with Gasteiger partial charge >= 0.3 is 0 Å². The minimum atomic E-state index is -0.141. The van der Waals surface area contributed by atoms with E-state index in [0.29, 0.717) is 11.7 Å². The summed E-state index contributed by atoms with van der Waals surface area (Å²) in [4.78, 5) is 2.47. The topological polar surface area (TPSA) is 15.3 Å². The van der Waals surface area contributed by atoms with Crippen LogP contribution in [0.3, 0.4) is 0 Å². The van der Waals surface area contributed by atoms with Crippen LogP contribution in [0.4, 0.5) is 10.1 Å². The van der Waals surface area contributed by atoms with Crippen LogP contribution in [0.5, 0.6) is 0 Å². The van der Waals surface area contributed by atoms with Crippen LogP contribution in [0, 0.1) is 12.7 Å². The van der Waals surface area contributed by atoms with Gasteiger partial charge in [-0.3, -0.25) is 0 Å². The third-order valence-electron chi connectivity index (χ3n) is 3.75. The van der Waals surface area contributed by atoms with E-state index in [-0.39, 0.29) is 5.82 Å². The maximum Gasteiger partial charge on any atom is 0.146 e. The van der Waals surface area contributed by atoms with Crippen LogP contribution >= 0.6 is 0 Å². The molecular formula is C15H23FN2. The molecule has 2 nitrogen and oxygen atoms in total. The van der Waals surface area contributed by atoms with Crippen LogP contribution in [0.25, 0.3) is 0 Å². The average Bonchev–Trinajstić information content (AvgIpc) is 2.59. The van der Waals surface area contributed by atoms with Gasteiger partial charge in [0.05, 0.1) is 5.69 Å². The molecule has 1 heterocycles. The third kappa shape index (κ3) is 3.45. The highest BCUT2D eigenvalue weighted by atomic mass is 19.1. The van der Waals surface area contributed by atoms with Gasteiger partial charge in [0.15, 0.2) is 0 Å². The summed E-state index contributed by atoms with van der Waals surface area (Å²) in [5.74, 6) is -0.141. The summed E-state index contributed by atoms with van der Waals surface area (Å²) in [6.07, 6.45) is 3.42. The number of halogens is 1. The molecule has 2 rings (SSSR count). The van der Waals surface area contributed by atoms with Gasteiger partial charge in [0.25, 0.3) is 0 Å². The highest BCUT2D eigenvalue weighted by Crippen LogP contribution is 2.20. The fourth-order valence-corrected chi connectivity index (χ4v) is 2.59. The van der Waals surface area contributed by atoms with E-state index >= 15 is 0 Å². The lowest BCUT2D eigenvalue weighted by Crippen LogP contribution is -2.26. The molecule has 1 N–H and O–H groups in total. The molecule has 0 saturated carbocycles. The van der Waals surface area contributed by atoms with E-state index in [1.807, 2.05) is 19.1 Å². The summed E-state index contributed by atoms with van der Waals surface area (Å²) in [5, 5.41) is 3.37. The molecule has 1 saturated heterocycles. The summed E-state index contributed by atoms with van der Waals surface area (Å²) in [6, 6.07) is 5.66. The number of anilines is 1. The second-order valence-electron chi connectivity index (χ2n) is 5.19. The molecule has 0 spiro atoms. The van der Waals surface area contributed by atoms with Crippen LogP contribution in [0.1, 0.15) is 31.7 Å². The number of hydrogen-bond acceptors (Lipinski definition) is 2. The molecule has 1 atom stereocenters. The molecule has 1 aliphatic heterocycles. The lowest BCUT2D eigenvalue weighted by atomic mass is 10.1. The van der Waals surface area contributed by atoms with Crippen LogP contribution in [0.2, 0.25) is 0 Å². The Morgan fingerprint density at radius 1 is 1.33 bits per heavy atom. The molecule has 0 aliphatic carbocycles. The highest BCUT2D eigenvalue weighted by molar-refractivity contribution is 5.47. The number of aryl methyl sites for hydroxylation is 1. The van der Waals surface area contributed by atoms with Gasteiger partial charge in [-0.25, -0.2) is 4.39 Å². The standard InChI is InChI=1S/C15H23FN2/c1-3-18-9-4-5-13(8-10-18)17-15-11-12(2)6-7-14(15)16/h6-7,11,13,17H,3-5,8-10H2,1-2H3. The predicted molar refractivity (Wildman–Crippen MR) is 74.5 cm³/mol. The summed E-state index contributed by atoms with van der Waals surface area (Å²) in [7, 11) is 0. The zero-order chi connectivity index (χ0) is 13.0. The molecule has 0 radical (unpaired) electrons. The molecule has 1 fully saturated rings. The molecule has 3 heteroatoms. The number of likely N-dealkylation sites (tertiary alicyclic amines) is 1. The first-order valence-corrected chi connectivity index (χ1v) is 6.94. The van der Waals surface area contributed by atoms with E-state index in [4.69, 9.17) is 0 Å². The Kier molecular flexibility index (Phi) is 4.59. The fourth-order valence-electron chi connectivity index (χ4n) is 2.59. The van der Waals surface area contributed by atoms with Crippen molar-refractivity contribution in [2.45, 2.75) is 39.2 Å². The fraction of sp³-hybridized carbons (Fsp3) is 0.600. The van der Waals surface area contributed by atoms with Crippen molar-refractivity contribution in [2.75, 3.05) is 25.0 Å². The van der Waals surface area contributed by atoms with E-state index in [9.17, 15) is 4.39 Å². The molecule has 18 heavy (non-hydrogen) atoms. The molecule has 1 aliphatic rings. The Bertz CT molecular complexity index is 392. The van der Waals surface area contributed by atoms with Crippen molar-refractivity contribution in [3.8, 4) is 0 Å². The van der Waals surface area contributed by atoms with E-state index < -0.39 is 0 Å². The Balaban J connectivity index is 1.98. The van der Waals surface area contributed by atoms with Gasteiger partial charge in [-0.2, -0.15) is 0 Å². The average molecular weight is 250 g/mol. The monoisotopic (exact) mass is 250 g/mol. The normalized spacial score (nSPS) is 21.6. The number of benzene rings is 1. The van der Waals surface area contributed by atoms with E-state index in [0.717, 1.165) is 31.5 Å². The van der Waals surface area contributed by atoms with E-state index in [2.05, 4.69) is 17.1 Å². The van der Waals surface area contributed by atoms with Crippen LogP contribution in [-0.4, -0.2) is 30.6 Å². The van der Waals surface area contributed by atoms with Gasteiger partial charge < -0.3 is 10.2 Å². The van der Waals surface area contributed by atoms with Gasteiger partial charge in [-0.15, -0.1) is 0 Å². The number of hydrogen-bond donors (Lipinski definition) is 1. The Morgan fingerprint density at radius 2 is 2.17 bits per heavy atom. The maximum absolute atomic E-state index is 13.7. The summed E-state index contributed by atoms with van der Waals surface area (Å²) >= 11 is 0. The van der Waals surface area contributed by atoms with Crippen LogP contribution in [0.15, 0.2) is 18.2 Å². The lowest BCUT2D eigenvalue weighted by molar-refractivity contribution is 0.300. The van der Waals surface area contributed by atoms with Crippen molar-refractivity contribution in [3.63, 3.8) is 0 Å². The maximum atomic E-state index is 13.7. The second-order valence-corrected chi connectivity index (χ2v) is 5.19. The summed E-state index contributed by atoms with van der Waals surface area (Å²) in [6.45, 7) is 7.60. The van der Waals surface area contributed by atoms with Gasteiger partial charge in [0.2, 0.25) is 0 Å². The molecular weight excluding hydrogens is 227 g/mol. The SMILES string of the molecule is CCN1CCCC(Nc2cc(C)ccc2F)CC1. The van der Waals surface area contributed by atoms with E-state index in [1.54, 1.807) is 6.07 Å². The van der Waals surface area contributed by atoms with Crippen molar-refractivity contribution >= 4 is 5.69 Å². The summed E-state index contributed by atoms with van der Waals surface area (Å²) < 4.78 is 13.7. The van der Waals surface area contributed by atoms with Crippen LogP contribution < -0.4 is 5.32 Å². The van der Waals surface area contributed by atoms with Gasteiger partial charge in [-0.1, -0.05) is 13.0 Å². The zero-order valence-corrected chi connectivity index (χ0v) is 11.4. The molecule has 0 bridgehead atoms. The quantitative estimate of drug-likeness (QED) is 0.884. The van der Waals surface area contributed by atoms with E-state index in [1.165, 1.54) is 13.0 Å². The summed E-state index contributed by atoms with van der Waals surface area (Å²) in [5.41, 5.74) is 1.76. The molecule has 1 aromatic rings. The van der Waals surface area contributed by atoms with Crippen molar-refractivity contribution < 1.29 is 4.39 Å². The second kappa shape index (κ2) is 6.19. The van der Waals surface area contributed by atoms with Gasteiger partial charge in [0.1, 0.15) is 5.82 Å². The predicted octanol–water partition coefficient (Wildman–Crippen LogP) is 3.42. The smallest absolute Gasteiger partial charge is 0.146 e. The first-order valence-electron chi connectivity index (χ1n) is 6.94. The Hall–Kier alpha value is -1.09. The number of nitrogens with zero attached hydrogens (tertiary/aromatic N) is 1. The minimum Gasteiger partial charge on any atom is -0.380 e. The van der Waals surface area contributed by atoms with Gasteiger partial charge in [0, 0.05) is 12.6 Å². The van der Waals surface area contributed by atoms with Gasteiger partial charge in [-0.05, 0) is 57.0 Å². The lowest BCUT2D eigenvalue weighted by Gasteiger charge is -2.19. The third-order valence-corrected chi connectivity index (χ3v) is 3.75. The number of nitrogens with one attached hydrogen (secondary N) is 1. The van der Waals surface area contributed by atoms with Crippen molar-refractivity contribution in [3.05, 3.63) is 29.6 Å². The minimum absolute atomic E-state index is 0.141. The van der Waals surface area contributed by atoms with Crippen LogP contribution in [-0.2, 0) is 0 Å². The first-order chi connectivity index (χ1) is 8.69. The Labute approximate surface area is 109 Å². The highest BCUT2D eigenvalue weighted by Gasteiger charge is 2.16. The number of rotatable bonds is 3. The Morgan fingerprint density at radius 3 is 2.94 bits per heavy atom. The molecule has 0 amide bonds. The molecule has 1 aromatic carbocycles. The largest absolute Gasteiger partial charge is 0.380 e. The molecule has 1 unspecified atom stereocenters. The first kappa shape index (κ1) is 13.3.